The van der Waals surface area contributed by atoms with E-state index in [0.29, 0.717) is 21.2 Å². The van der Waals surface area contributed by atoms with Crippen LogP contribution < -0.4 is 0 Å². The summed E-state index contributed by atoms with van der Waals surface area (Å²) in [5.41, 5.74) is 0.895. The lowest BCUT2D eigenvalue weighted by Gasteiger charge is -2.02. The molecule has 1 heterocycles. The number of thiophene rings is 1. The van der Waals surface area contributed by atoms with Crippen molar-refractivity contribution in [3.63, 3.8) is 0 Å². The van der Waals surface area contributed by atoms with Gasteiger partial charge in [0, 0.05) is 21.2 Å². The molecule has 5 heteroatoms. The van der Waals surface area contributed by atoms with Gasteiger partial charge >= 0.3 is 5.97 Å². The molecule has 0 amide bonds. The molecule has 92 valence electrons. The molecular weight excluding hydrogens is 252 g/mol. The largest absolute Gasteiger partial charge is 0.477 e. The van der Waals surface area contributed by atoms with E-state index in [1.54, 1.807) is 12.1 Å². The van der Waals surface area contributed by atoms with Crippen molar-refractivity contribution in [3.05, 3.63) is 34.2 Å². The topological polar surface area (TPSA) is 71.4 Å². The minimum atomic E-state index is -1.06. The normalized spacial score (nSPS) is 10.6. The molecule has 0 saturated carbocycles. The zero-order valence-electron chi connectivity index (χ0n) is 9.81. The minimum absolute atomic E-state index is 0.126. The second kappa shape index (κ2) is 4.34. The lowest BCUT2D eigenvalue weighted by atomic mass is 10.0. The summed E-state index contributed by atoms with van der Waals surface area (Å²) in [4.78, 5) is 34.1. The molecule has 0 aliphatic carbocycles. The summed E-state index contributed by atoms with van der Waals surface area (Å²) in [5, 5.41) is 9.52. The highest BCUT2D eigenvalue weighted by atomic mass is 32.1. The molecule has 2 aromatic rings. The van der Waals surface area contributed by atoms with Crippen LogP contribution in [0.3, 0.4) is 0 Å². The highest BCUT2D eigenvalue weighted by molar-refractivity contribution is 7.21. The van der Waals surface area contributed by atoms with Crippen molar-refractivity contribution in [2.24, 2.45) is 0 Å². The predicted octanol–water partition coefficient (Wildman–Crippen LogP) is 3.00. The van der Waals surface area contributed by atoms with Crippen molar-refractivity contribution in [2.45, 2.75) is 13.8 Å². The molecule has 1 N–H and O–H groups in total. The Bertz CT molecular complexity index is 631. The van der Waals surface area contributed by atoms with Gasteiger partial charge in [-0.2, -0.15) is 0 Å². The Balaban J connectivity index is 2.86. The van der Waals surface area contributed by atoms with Gasteiger partial charge in [-0.05, 0) is 32.0 Å². The van der Waals surface area contributed by atoms with Crippen LogP contribution in [0.5, 0.6) is 0 Å². The van der Waals surface area contributed by atoms with E-state index in [1.165, 1.54) is 19.9 Å². The monoisotopic (exact) mass is 262 g/mol. The van der Waals surface area contributed by atoms with Crippen molar-refractivity contribution in [2.75, 3.05) is 0 Å². The number of ketones is 2. The molecule has 0 saturated heterocycles. The first-order valence-corrected chi connectivity index (χ1v) is 6.05. The Morgan fingerprint density at radius 1 is 1.06 bits per heavy atom. The number of carbonyl (C=O) groups excluding carboxylic acids is 2. The van der Waals surface area contributed by atoms with Crippen LogP contribution in [-0.4, -0.2) is 22.6 Å². The van der Waals surface area contributed by atoms with Crippen LogP contribution in [0.4, 0.5) is 0 Å². The SMILES string of the molecule is CC(=O)c1ccc(C(C)=O)c2sc(C(=O)O)cc12. The first-order chi connectivity index (χ1) is 8.41. The number of carboxylic acids is 1. The third kappa shape index (κ3) is 1.93. The summed E-state index contributed by atoms with van der Waals surface area (Å²) < 4.78 is 0.563. The average Bonchev–Trinajstić information content (AvgIpc) is 2.71. The second-order valence-electron chi connectivity index (χ2n) is 3.93. The zero-order valence-corrected chi connectivity index (χ0v) is 10.6. The van der Waals surface area contributed by atoms with Gasteiger partial charge in [-0.1, -0.05) is 0 Å². The lowest BCUT2D eigenvalue weighted by molar-refractivity contribution is 0.0701. The highest BCUT2D eigenvalue weighted by Gasteiger charge is 2.17. The molecule has 0 aliphatic rings. The van der Waals surface area contributed by atoms with Gasteiger partial charge in [0.25, 0.3) is 0 Å². The maximum absolute atomic E-state index is 11.5. The quantitative estimate of drug-likeness (QED) is 0.863. The third-order valence-electron chi connectivity index (χ3n) is 2.65. The summed E-state index contributed by atoms with van der Waals surface area (Å²) in [6, 6.07) is 4.59. The van der Waals surface area contributed by atoms with Crippen LogP contribution in [0.15, 0.2) is 18.2 Å². The fourth-order valence-electron chi connectivity index (χ4n) is 1.81. The summed E-state index contributed by atoms with van der Waals surface area (Å²) in [7, 11) is 0. The summed E-state index contributed by atoms with van der Waals surface area (Å²) in [6.07, 6.45) is 0. The number of carboxylic acid groups (broad SMARTS) is 1. The first kappa shape index (κ1) is 12.4. The smallest absolute Gasteiger partial charge is 0.345 e. The number of rotatable bonds is 3. The van der Waals surface area contributed by atoms with Crippen LogP contribution >= 0.6 is 11.3 Å². The fraction of sp³-hybridized carbons (Fsp3) is 0.154. The molecule has 0 atom stereocenters. The van der Waals surface area contributed by atoms with Gasteiger partial charge in [0.1, 0.15) is 4.88 Å². The first-order valence-electron chi connectivity index (χ1n) is 5.23. The number of hydrogen-bond donors (Lipinski definition) is 1. The minimum Gasteiger partial charge on any atom is -0.477 e. The van der Waals surface area contributed by atoms with E-state index >= 15 is 0 Å². The number of carbonyl (C=O) groups is 3. The van der Waals surface area contributed by atoms with Crippen molar-refractivity contribution in [1.82, 2.24) is 0 Å². The standard InChI is InChI=1S/C13H10O4S/c1-6(14)8-3-4-9(7(2)15)12-10(8)5-11(18-12)13(16)17/h3-5H,1-2H3,(H,16,17). The molecule has 18 heavy (non-hydrogen) atoms. The molecule has 1 aromatic heterocycles. The van der Waals surface area contributed by atoms with Crippen molar-refractivity contribution in [1.29, 1.82) is 0 Å². The number of benzene rings is 1. The predicted molar refractivity (Wildman–Crippen MR) is 68.8 cm³/mol. The highest BCUT2D eigenvalue weighted by Crippen LogP contribution is 2.32. The van der Waals surface area contributed by atoms with Gasteiger partial charge in [-0.3, -0.25) is 9.59 Å². The molecule has 1 aromatic carbocycles. The van der Waals surface area contributed by atoms with E-state index in [1.807, 2.05) is 0 Å². The van der Waals surface area contributed by atoms with E-state index in [2.05, 4.69) is 0 Å². The number of aromatic carboxylic acids is 1. The average molecular weight is 262 g/mol. The van der Waals surface area contributed by atoms with Gasteiger partial charge in [0.05, 0.1) is 0 Å². The fourth-order valence-corrected chi connectivity index (χ4v) is 2.90. The van der Waals surface area contributed by atoms with Gasteiger partial charge in [-0.25, -0.2) is 4.79 Å². The Morgan fingerprint density at radius 2 is 1.61 bits per heavy atom. The maximum Gasteiger partial charge on any atom is 0.345 e. The van der Waals surface area contributed by atoms with Crippen LogP contribution in [0.1, 0.15) is 44.2 Å². The molecule has 0 bridgehead atoms. The maximum atomic E-state index is 11.5. The molecule has 0 fully saturated rings. The van der Waals surface area contributed by atoms with Crippen LogP contribution in [0.2, 0.25) is 0 Å². The molecule has 0 aliphatic heterocycles. The number of hydrogen-bond acceptors (Lipinski definition) is 4. The van der Waals surface area contributed by atoms with Crippen LogP contribution in [0.25, 0.3) is 10.1 Å². The lowest BCUT2D eigenvalue weighted by Crippen LogP contribution is -1.97. The molecule has 4 nitrogen and oxygen atoms in total. The van der Waals surface area contributed by atoms with Crippen molar-refractivity contribution in [3.8, 4) is 0 Å². The van der Waals surface area contributed by atoms with E-state index in [9.17, 15) is 14.4 Å². The Hall–Kier alpha value is -2.01. The molecule has 0 spiro atoms. The second-order valence-corrected chi connectivity index (χ2v) is 4.98. The third-order valence-corrected chi connectivity index (χ3v) is 3.81. The van der Waals surface area contributed by atoms with Gasteiger partial charge in [0.15, 0.2) is 11.6 Å². The van der Waals surface area contributed by atoms with Gasteiger partial charge < -0.3 is 5.11 Å². The summed E-state index contributed by atoms with van der Waals surface area (Å²) in [6.45, 7) is 2.84. The number of fused-ring (bicyclic) bond motifs is 1. The van der Waals surface area contributed by atoms with Crippen LogP contribution in [0, 0.1) is 0 Å². The van der Waals surface area contributed by atoms with E-state index in [-0.39, 0.29) is 16.4 Å². The van der Waals surface area contributed by atoms with Gasteiger partial charge in [-0.15, -0.1) is 11.3 Å². The van der Waals surface area contributed by atoms with Crippen molar-refractivity contribution < 1.29 is 19.5 Å². The molecule has 2 rings (SSSR count). The van der Waals surface area contributed by atoms with E-state index in [0.717, 1.165) is 11.3 Å². The van der Waals surface area contributed by atoms with E-state index < -0.39 is 5.97 Å². The summed E-state index contributed by atoms with van der Waals surface area (Å²) in [5.74, 6) is -1.35. The number of Topliss-reactive ketones (excluding diaryl/α,β-unsaturated/α-hetero) is 2. The Labute approximate surface area is 107 Å². The molecule has 0 unspecified atom stereocenters. The van der Waals surface area contributed by atoms with Crippen LogP contribution in [-0.2, 0) is 0 Å². The Morgan fingerprint density at radius 3 is 2.11 bits per heavy atom. The molecule has 0 radical (unpaired) electrons. The zero-order chi connectivity index (χ0) is 13.4. The molecular formula is C13H10O4S. The van der Waals surface area contributed by atoms with E-state index in [4.69, 9.17) is 5.11 Å². The Kier molecular flexibility index (Phi) is 3.00. The van der Waals surface area contributed by atoms with Gasteiger partial charge in [0.2, 0.25) is 0 Å². The summed E-state index contributed by atoms with van der Waals surface area (Å²) >= 11 is 1.02. The van der Waals surface area contributed by atoms with Crippen molar-refractivity contribution >= 4 is 39.0 Å².